The number of benzene rings is 1. The summed E-state index contributed by atoms with van der Waals surface area (Å²) < 4.78 is 5.27. The average Bonchev–Trinajstić information content (AvgIpc) is 3.17. The lowest BCUT2D eigenvalue weighted by Gasteiger charge is -2.59. The summed E-state index contributed by atoms with van der Waals surface area (Å²) in [6.07, 6.45) is 11.5. The zero-order valence-electron chi connectivity index (χ0n) is 18.0. The molecule has 4 fully saturated rings. The van der Waals surface area contributed by atoms with E-state index in [0.29, 0.717) is 0 Å². The van der Waals surface area contributed by atoms with E-state index in [1.807, 2.05) is 0 Å². The van der Waals surface area contributed by atoms with Crippen LogP contribution in [0.3, 0.4) is 0 Å². The number of amides is 1. The van der Waals surface area contributed by atoms with Gasteiger partial charge in [-0.05, 0) is 111 Å². The van der Waals surface area contributed by atoms with Crippen molar-refractivity contribution in [1.82, 2.24) is 5.32 Å². The average molecular weight is 428 g/mol. The molecule has 0 spiro atoms. The molecule has 5 heteroatoms. The highest BCUT2D eigenvalue weighted by molar-refractivity contribution is 8.00. The maximum absolute atomic E-state index is 12.5. The number of aryl methyl sites for hydroxylation is 2. The highest BCUT2D eigenvalue weighted by Crippen LogP contribution is 2.61. The molecular formula is C25H33NO3S. The molecule has 1 aromatic rings. The molecule has 0 aromatic heterocycles. The van der Waals surface area contributed by atoms with Crippen LogP contribution < -0.4 is 5.32 Å². The highest BCUT2D eigenvalue weighted by atomic mass is 32.2. The van der Waals surface area contributed by atoms with E-state index < -0.39 is 0 Å². The molecule has 5 aliphatic carbocycles. The second-order valence-electron chi connectivity index (χ2n) is 10.3. The number of carbonyl (C=O) groups excluding carboxylic acids is 2. The molecule has 4 bridgehead atoms. The van der Waals surface area contributed by atoms with Gasteiger partial charge in [0.25, 0.3) is 5.91 Å². The van der Waals surface area contributed by atoms with Crippen molar-refractivity contribution < 1.29 is 14.3 Å². The molecule has 0 saturated heterocycles. The van der Waals surface area contributed by atoms with E-state index in [4.69, 9.17) is 4.74 Å². The normalized spacial score (nSPS) is 32.0. The van der Waals surface area contributed by atoms with E-state index in [9.17, 15) is 9.59 Å². The Balaban J connectivity index is 1.07. The molecule has 1 N–H and O–H groups in total. The van der Waals surface area contributed by atoms with E-state index in [-0.39, 0.29) is 35.7 Å². The summed E-state index contributed by atoms with van der Waals surface area (Å²) in [6, 6.07) is 6.62. The van der Waals surface area contributed by atoms with Crippen molar-refractivity contribution in [2.75, 3.05) is 12.4 Å². The van der Waals surface area contributed by atoms with Crippen LogP contribution >= 0.6 is 11.8 Å². The van der Waals surface area contributed by atoms with Gasteiger partial charge in [0.15, 0.2) is 6.61 Å². The first-order valence-corrected chi connectivity index (χ1v) is 12.7. The van der Waals surface area contributed by atoms with E-state index in [2.05, 4.69) is 30.4 Å². The van der Waals surface area contributed by atoms with Crippen molar-refractivity contribution in [2.45, 2.75) is 75.6 Å². The number of thioether (sulfide) groups is 1. The van der Waals surface area contributed by atoms with Crippen LogP contribution in [0, 0.1) is 23.2 Å². The third-order valence-electron chi connectivity index (χ3n) is 8.17. The van der Waals surface area contributed by atoms with Crippen LogP contribution in [0.5, 0.6) is 0 Å². The van der Waals surface area contributed by atoms with Crippen molar-refractivity contribution in [3.8, 4) is 0 Å². The van der Waals surface area contributed by atoms with Gasteiger partial charge in [-0.1, -0.05) is 6.07 Å². The van der Waals surface area contributed by atoms with Crippen LogP contribution in [0.4, 0.5) is 0 Å². The first kappa shape index (κ1) is 20.4. The van der Waals surface area contributed by atoms with E-state index in [0.717, 1.165) is 29.1 Å². The van der Waals surface area contributed by atoms with Crippen molar-refractivity contribution in [3.63, 3.8) is 0 Å². The quantitative estimate of drug-likeness (QED) is 0.513. The van der Waals surface area contributed by atoms with Crippen LogP contribution in [0.2, 0.25) is 0 Å². The lowest BCUT2D eigenvalue weighted by Crippen LogP contribution is -2.56. The minimum atomic E-state index is -0.321. The summed E-state index contributed by atoms with van der Waals surface area (Å²) in [5, 5.41) is 3.17. The zero-order valence-corrected chi connectivity index (χ0v) is 18.8. The minimum Gasteiger partial charge on any atom is -0.455 e. The number of fused-ring (bicyclic) bond motifs is 1. The number of hydrogen-bond donors (Lipinski definition) is 1. The predicted octanol–water partition coefficient (Wildman–Crippen LogP) is 4.53. The maximum atomic E-state index is 12.5. The van der Waals surface area contributed by atoms with Gasteiger partial charge >= 0.3 is 5.97 Å². The number of carbonyl (C=O) groups is 2. The van der Waals surface area contributed by atoms with Gasteiger partial charge in [-0.15, -0.1) is 11.8 Å². The Morgan fingerprint density at radius 2 is 1.77 bits per heavy atom. The van der Waals surface area contributed by atoms with Crippen molar-refractivity contribution in [3.05, 3.63) is 29.3 Å². The lowest BCUT2D eigenvalue weighted by atomic mass is 9.48. The fourth-order valence-corrected chi connectivity index (χ4v) is 7.87. The molecule has 0 radical (unpaired) electrons. The van der Waals surface area contributed by atoms with Gasteiger partial charge in [0.05, 0.1) is 5.75 Å². The molecule has 30 heavy (non-hydrogen) atoms. The second-order valence-corrected chi connectivity index (χ2v) is 11.4. The zero-order chi connectivity index (χ0) is 20.7. The maximum Gasteiger partial charge on any atom is 0.316 e. The molecule has 5 aliphatic rings. The smallest absolute Gasteiger partial charge is 0.316 e. The van der Waals surface area contributed by atoms with E-state index in [1.54, 1.807) is 0 Å². The Hall–Kier alpha value is -1.49. The number of rotatable bonds is 7. The first-order valence-electron chi connectivity index (χ1n) is 11.7. The largest absolute Gasteiger partial charge is 0.455 e. The molecule has 6 rings (SSSR count). The highest BCUT2D eigenvalue weighted by Gasteiger charge is 2.53. The summed E-state index contributed by atoms with van der Waals surface area (Å²) >= 11 is 1.49. The fraction of sp³-hybridized carbons (Fsp3) is 0.680. The van der Waals surface area contributed by atoms with E-state index >= 15 is 0 Å². The SMILES string of the molecule is C[C@H](NC(=O)COC(=O)CSc1ccc2c(c1)CCC2)C12CC3CC(CC(C3)C1)C2. The summed E-state index contributed by atoms with van der Waals surface area (Å²) in [5.41, 5.74) is 3.12. The monoisotopic (exact) mass is 427 g/mol. The van der Waals surface area contributed by atoms with Gasteiger partial charge in [-0.2, -0.15) is 0 Å². The van der Waals surface area contributed by atoms with Crippen LogP contribution in [0.25, 0.3) is 0 Å². The molecule has 4 saturated carbocycles. The molecule has 1 aromatic carbocycles. The number of esters is 1. The van der Waals surface area contributed by atoms with Crippen molar-refractivity contribution in [1.29, 1.82) is 0 Å². The number of ether oxygens (including phenoxy) is 1. The van der Waals surface area contributed by atoms with Crippen LogP contribution in [-0.4, -0.2) is 30.3 Å². The predicted molar refractivity (Wildman–Crippen MR) is 118 cm³/mol. The fourth-order valence-electron chi connectivity index (χ4n) is 7.11. The van der Waals surface area contributed by atoms with Crippen LogP contribution in [0.15, 0.2) is 23.1 Å². The van der Waals surface area contributed by atoms with Gasteiger partial charge in [0.1, 0.15) is 0 Å². The Morgan fingerprint density at radius 3 is 2.47 bits per heavy atom. The third kappa shape index (κ3) is 4.15. The summed E-state index contributed by atoms with van der Waals surface area (Å²) in [5.74, 6) is 2.36. The van der Waals surface area contributed by atoms with Crippen molar-refractivity contribution in [2.24, 2.45) is 23.2 Å². The second kappa shape index (κ2) is 8.22. The Labute approximate surface area is 183 Å². The molecule has 0 heterocycles. The lowest BCUT2D eigenvalue weighted by molar-refractivity contribution is -0.147. The number of nitrogens with one attached hydrogen (secondary N) is 1. The molecule has 162 valence electrons. The van der Waals surface area contributed by atoms with Gasteiger partial charge < -0.3 is 10.1 Å². The molecule has 1 amide bonds. The molecular weight excluding hydrogens is 394 g/mol. The van der Waals surface area contributed by atoms with Gasteiger partial charge in [-0.3, -0.25) is 9.59 Å². The Bertz CT molecular complexity index is 800. The van der Waals surface area contributed by atoms with Crippen LogP contribution in [0.1, 0.15) is 63.0 Å². The van der Waals surface area contributed by atoms with Gasteiger partial charge in [0, 0.05) is 10.9 Å². The molecule has 0 aliphatic heterocycles. The van der Waals surface area contributed by atoms with Crippen LogP contribution in [-0.2, 0) is 27.2 Å². The summed E-state index contributed by atoms with van der Waals surface area (Å²) in [6.45, 7) is 2.00. The molecule has 0 unspecified atom stereocenters. The first-order chi connectivity index (χ1) is 14.5. The molecule has 4 nitrogen and oxygen atoms in total. The van der Waals surface area contributed by atoms with Crippen molar-refractivity contribution >= 4 is 23.6 Å². The third-order valence-corrected chi connectivity index (χ3v) is 9.14. The minimum absolute atomic E-state index is 0.158. The van der Waals surface area contributed by atoms with Gasteiger partial charge in [-0.25, -0.2) is 0 Å². The number of hydrogen-bond acceptors (Lipinski definition) is 4. The van der Waals surface area contributed by atoms with Gasteiger partial charge in [0.2, 0.25) is 0 Å². The Kier molecular flexibility index (Phi) is 5.59. The van der Waals surface area contributed by atoms with E-state index in [1.165, 1.54) is 74.3 Å². The molecule has 1 atom stereocenters. The summed E-state index contributed by atoms with van der Waals surface area (Å²) in [7, 11) is 0. The Morgan fingerprint density at radius 1 is 1.10 bits per heavy atom. The topological polar surface area (TPSA) is 55.4 Å². The summed E-state index contributed by atoms with van der Waals surface area (Å²) in [4.78, 5) is 25.7. The standard InChI is InChI=1S/C25H33NO3S/c1-16(25-11-17-7-18(12-25)9-19(8-17)13-25)26-23(27)14-29-24(28)15-30-22-6-5-20-3-2-4-21(20)10-22/h5-6,10,16-19H,2-4,7-9,11-15H2,1H3,(H,26,27)/t16-,17?,18?,19?,25?/m0/s1.